The topological polar surface area (TPSA) is 87.0 Å². The van der Waals surface area contributed by atoms with Crippen molar-refractivity contribution in [1.29, 1.82) is 0 Å². The molecule has 2 aromatic carbocycles. The van der Waals surface area contributed by atoms with Crippen LogP contribution in [0.25, 0.3) is 11.4 Å². The lowest BCUT2D eigenvalue weighted by molar-refractivity contribution is 0.0600. The van der Waals surface area contributed by atoms with E-state index in [2.05, 4.69) is 15.5 Å². The van der Waals surface area contributed by atoms with Crippen molar-refractivity contribution in [2.45, 2.75) is 6.54 Å². The second-order valence-electron chi connectivity index (χ2n) is 5.09. The van der Waals surface area contributed by atoms with Crippen molar-refractivity contribution in [2.24, 2.45) is 0 Å². The summed E-state index contributed by atoms with van der Waals surface area (Å²) < 4.78 is 6.36. The predicted molar refractivity (Wildman–Crippen MR) is 85.5 cm³/mol. The number of carbonyl (C=O) groups is 2. The molecule has 120 valence electrons. The van der Waals surface area contributed by atoms with Gasteiger partial charge in [0.2, 0.25) is 0 Å². The third-order valence-electron chi connectivity index (χ3n) is 3.52. The lowest BCUT2D eigenvalue weighted by Gasteiger charge is -2.06. The Morgan fingerprint density at radius 3 is 2.71 bits per heavy atom. The lowest BCUT2D eigenvalue weighted by atomic mass is 10.1. The largest absolute Gasteiger partial charge is 0.465 e. The van der Waals surface area contributed by atoms with Crippen molar-refractivity contribution >= 4 is 12.3 Å². The molecule has 0 aliphatic heterocycles. The van der Waals surface area contributed by atoms with Crippen LogP contribution in [0, 0.1) is 0 Å². The van der Waals surface area contributed by atoms with Crippen LogP contribution in [0.1, 0.15) is 26.3 Å². The molecule has 3 rings (SSSR count). The summed E-state index contributed by atoms with van der Waals surface area (Å²) in [6, 6.07) is 14.1. The van der Waals surface area contributed by atoms with Gasteiger partial charge in [0.05, 0.1) is 19.2 Å². The summed E-state index contributed by atoms with van der Waals surface area (Å²) in [5, 5.41) is 11.7. The summed E-state index contributed by atoms with van der Waals surface area (Å²) in [7, 11) is 1.34. The van der Waals surface area contributed by atoms with Crippen LogP contribution in [0.3, 0.4) is 0 Å². The summed E-state index contributed by atoms with van der Waals surface area (Å²) in [6.45, 7) is 0.405. The second kappa shape index (κ2) is 6.82. The molecular formula is C17H14N4O3. The highest BCUT2D eigenvalue weighted by molar-refractivity contribution is 5.89. The standard InChI is InChI=1S/C17H14N4O3/c1-24-17(23)15-4-2-3-13(9-15)10-21-16(18-19-20-21)14-7-5-12(11-22)6-8-14/h2-9,11H,10H2,1H3. The Labute approximate surface area is 137 Å². The van der Waals surface area contributed by atoms with E-state index in [4.69, 9.17) is 4.74 Å². The molecular weight excluding hydrogens is 308 g/mol. The molecule has 0 N–H and O–H groups in total. The molecule has 0 saturated carbocycles. The first-order chi connectivity index (χ1) is 11.7. The van der Waals surface area contributed by atoms with Gasteiger partial charge in [-0.05, 0) is 28.1 Å². The summed E-state index contributed by atoms with van der Waals surface area (Å²) in [6.07, 6.45) is 0.783. The van der Waals surface area contributed by atoms with Gasteiger partial charge in [0.15, 0.2) is 5.82 Å². The maximum atomic E-state index is 11.6. The van der Waals surface area contributed by atoms with E-state index in [-0.39, 0.29) is 0 Å². The zero-order valence-corrected chi connectivity index (χ0v) is 12.9. The van der Waals surface area contributed by atoms with Gasteiger partial charge in [-0.15, -0.1) is 5.10 Å². The third-order valence-corrected chi connectivity index (χ3v) is 3.52. The fourth-order valence-electron chi connectivity index (χ4n) is 2.32. The van der Waals surface area contributed by atoms with Crippen molar-refractivity contribution in [2.75, 3.05) is 7.11 Å². The van der Waals surface area contributed by atoms with Crippen LogP contribution in [-0.4, -0.2) is 39.6 Å². The molecule has 7 heteroatoms. The minimum Gasteiger partial charge on any atom is -0.465 e. The highest BCUT2D eigenvalue weighted by Crippen LogP contribution is 2.17. The fraction of sp³-hybridized carbons (Fsp3) is 0.118. The van der Waals surface area contributed by atoms with Gasteiger partial charge < -0.3 is 4.74 Å². The van der Waals surface area contributed by atoms with Gasteiger partial charge in [-0.3, -0.25) is 4.79 Å². The Hall–Kier alpha value is -3.35. The first kappa shape index (κ1) is 15.5. The Balaban J connectivity index is 1.88. The highest BCUT2D eigenvalue weighted by atomic mass is 16.5. The minimum atomic E-state index is -0.391. The number of aldehydes is 1. The summed E-state index contributed by atoms with van der Waals surface area (Å²) in [4.78, 5) is 22.4. The molecule has 0 saturated heterocycles. The summed E-state index contributed by atoms with van der Waals surface area (Å²) >= 11 is 0. The molecule has 0 aliphatic carbocycles. The number of methoxy groups -OCH3 is 1. The number of esters is 1. The van der Waals surface area contributed by atoms with Crippen molar-refractivity contribution in [1.82, 2.24) is 20.2 Å². The molecule has 0 spiro atoms. The van der Waals surface area contributed by atoms with E-state index in [9.17, 15) is 9.59 Å². The number of aromatic nitrogens is 4. The van der Waals surface area contributed by atoms with Gasteiger partial charge in [0.1, 0.15) is 6.29 Å². The van der Waals surface area contributed by atoms with Crippen molar-refractivity contribution < 1.29 is 14.3 Å². The van der Waals surface area contributed by atoms with Crippen LogP contribution in [-0.2, 0) is 11.3 Å². The molecule has 0 atom stereocenters. The number of nitrogens with zero attached hydrogens (tertiary/aromatic N) is 4. The molecule has 0 fully saturated rings. The van der Waals surface area contributed by atoms with Gasteiger partial charge in [-0.1, -0.05) is 36.4 Å². The Bertz CT molecular complexity index is 872. The average Bonchev–Trinajstić information content (AvgIpc) is 3.09. The number of benzene rings is 2. The van der Waals surface area contributed by atoms with E-state index in [1.165, 1.54) is 7.11 Å². The molecule has 0 unspecified atom stereocenters. The molecule has 1 aromatic heterocycles. The van der Waals surface area contributed by atoms with Crippen molar-refractivity contribution in [3.63, 3.8) is 0 Å². The minimum absolute atomic E-state index is 0.391. The maximum Gasteiger partial charge on any atom is 0.337 e. The van der Waals surface area contributed by atoms with Crippen LogP contribution in [0.4, 0.5) is 0 Å². The maximum absolute atomic E-state index is 11.6. The summed E-state index contributed by atoms with van der Waals surface area (Å²) in [5.41, 5.74) is 2.73. The SMILES string of the molecule is COC(=O)c1cccc(Cn2nnnc2-c2ccc(C=O)cc2)c1. The lowest BCUT2D eigenvalue weighted by Crippen LogP contribution is -2.07. The zero-order chi connectivity index (χ0) is 16.9. The molecule has 0 bridgehead atoms. The Morgan fingerprint density at radius 2 is 2.00 bits per heavy atom. The highest BCUT2D eigenvalue weighted by Gasteiger charge is 2.11. The van der Waals surface area contributed by atoms with Crippen LogP contribution in [0.15, 0.2) is 48.5 Å². The van der Waals surface area contributed by atoms with Gasteiger partial charge in [0, 0.05) is 11.1 Å². The third kappa shape index (κ3) is 3.19. The molecule has 0 radical (unpaired) electrons. The van der Waals surface area contributed by atoms with Crippen LogP contribution >= 0.6 is 0 Å². The molecule has 24 heavy (non-hydrogen) atoms. The predicted octanol–water partition coefficient (Wildman–Crippen LogP) is 1.99. The van der Waals surface area contributed by atoms with E-state index in [0.717, 1.165) is 17.4 Å². The fourth-order valence-corrected chi connectivity index (χ4v) is 2.32. The summed E-state index contributed by atoms with van der Waals surface area (Å²) in [5.74, 6) is 0.189. The Kier molecular flexibility index (Phi) is 4.42. The van der Waals surface area contributed by atoms with E-state index >= 15 is 0 Å². The zero-order valence-electron chi connectivity index (χ0n) is 12.9. The Morgan fingerprint density at radius 1 is 1.21 bits per heavy atom. The van der Waals surface area contributed by atoms with Crippen LogP contribution in [0.2, 0.25) is 0 Å². The van der Waals surface area contributed by atoms with Gasteiger partial charge in [0.25, 0.3) is 0 Å². The molecule has 3 aromatic rings. The van der Waals surface area contributed by atoms with E-state index in [0.29, 0.717) is 23.5 Å². The van der Waals surface area contributed by atoms with Crippen LogP contribution < -0.4 is 0 Å². The van der Waals surface area contributed by atoms with Crippen molar-refractivity contribution in [3.8, 4) is 11.4 Å². The first-order valence-corrected chi connectivity index (χ1v) is 7.20. The normalized spacial score (nSPS) is 10.4. The second-order valence-corrected chi connectivity index (χ2v) is 5.09. The van der Waals surface area contributed by atoms with E-state index < -0.39 is 5.97 Å². The smallest absolute Gasteiger partial charge is 0.337 e. The number of hydrogen-bond acceptors (Lipinski definition) is 6. The van der Waals surface area contributed by atoms with Gasteiger partial charge in [-0.25, -0.2) is 9.48 Å². The monoisotopic (exact) mass is 322 g/mol. The average molecular weight is 322 g/mol. The molecule has 7 nitrogen and oxygen atoms in total. The number of rotatable bonds is 5. The van der Waals surface area contributed by atoms with E-state index in [1.807, 2.05) is 6.07 Å². The number of tetrazole rings is 1. The van der Waals surface area contributed by atoms with Crippen molar-refractivity contribution in [3.05, 3.63) is 65.2 Å². The number of hydrogen-bond donors (Lipinski definition) is 0. The van der Waals surface area contributed by atoms with Gasteiger partial charge in [-0.2, -0.15) is 0 Å². The van der Waals surface area contributed by atoms with Crippen LogP contribution in [0.5, 0.6) is 0 Å². The number of ether oxygens (including phenoxy) is 1. The first-order valence-electron chi connectivity index (χ1n) is 7.20. The molecule has 0 aliphatic rings. The molecule has 1 heterocycles. The van der Waals surface area contributed by atoms with E-state index in [1.54, 1.807) is 47.1 Å². The van der Waals surface area contributed by atoms with Gasteiger partial charge >= 0.3 is 5.97 Å². The molecule has 0 amide bonds. The number of carbonyl (C=O) groups excluding carboxylic acids is 2. The quantitative estimate of drug-likeness (QED) is 0.527.